The molecule has 0 saturated heterocycles. The molecule has 0 bridgehead atoms. The maximum absolute atomic E-state index is 11.7. The molecule has 0 N–H and O–H groups in total. The summed E-state index contributed by atoms with van der Waals surface area (Å²) in [5.41, 5.74) is 1.13. The topological polar surface area (TPSA) is 59.3 Å². The zero-order chi connectivity index (χ0) is 26.3. The third kappa shape index (κ3) is 5.93. The van der Waals surface area contributed by atoms with E-state index >= 15 is 0 Å². The molecular formula is C32H37NO3Si. The van der Waals surface area contributed by atoms with Crippen molar-refractivity contribution in [2.24, 2.45) is 17.8 Å². The zero-order valence-corrected chi connectivity index (χ0v) is 23.0. The van der Waals surface area contributed by atoms with Crippen LogP contribution >= 0.6 is 0 Å². The lowest BCUT2D eigenvalue weighted by Crippen LogP contribution is -2.68. The molecule has 0 aliphatic heterocycles. The van der Waals surface area contributed by atoms with Crippen LogP contribution in [0.15, 0.2) is 91.0 Å². The lowest BCUT2D eigenvalue weighted by molar-refractivity contribution is -0.110. The smallest absolute Gasteiger partial charge is 0.261 e. The molecule has 0 spiro atoms. The van der Waals surface area contributed by atoms with Crippen LogP contribution in [0.25, 0.3) is 0 Å². The SMILES string of the molecule is CC(C)(C)[Si](O[C@@H]1CC(C(C#N)C=O)C[C@H]1COCc1ccccc1)(c1ccccc1)c1ccccc1. The largest absolute Gasteiger partial charge is 0.404 e. The summed E-state index contributed by atoms with van der Waals surface area (Å²) in [4.78, 5) is 11.7. The van der Waals surface area contributed by atoms with Gasteiger partial charge in [0.15, 0.2) is 0 Å². The Bertz CT molecular complexity index is 1130. The van der Waals surface area contributed by atoms with Gasteiger partial charge in [-0.2, -0.15) is 5.26 Å². The third-order valence-electron chi connectivity index (χ3n) is 7.66. The Morgan fingerprint density at radius 3 is 1.95 bits per heavy atom. The van der Waals surface area contributed by atoms with Crippen molar-refractivity contribution < 1.29 is 14.0 Å². The highest BCUT2D eigenvalue weighted by atomic mass is 28.4. The highest BCUT2D eigenvalue weighted by Crippen LogP contribution is 2.44. The number of hydrogen-bond acceptors (Lipinski definition) is 4. The Morgan fingerprint density at radius 1 is 0.919 bits per heavy atom. The van der Waals surface area contributed by atoms with Crippen LogP contribution < -0.4 is 10.4 Å². The molecule has 1 fully saturated rings. The monoisotopic (exact) mass is 511 g/mol. The maximum atomic E-state index is 11.7. The van der Waals surface area contributed by atoms with Crippen molar-refractivity contribution in [3.05, 3.63) is 96.6 Å². The van der Waals surface area contributed by atoms with E-state index < -0.39 is 14.2 Å². The molecule has 3 aromatic carbocycles. The van der Waals surface area contributed by atoms with E-state index in [-0.39, 0.29) is 23.0 Å². The highest BCUT2D eigenvalue weighted by Gasteiger charge is 2.53. The van der Waals surface area contributed by atoms with E-state index in [1.807, 2.05) is 30.3 Å². The van der Waals surface area contributed by atoms with Crippen LogP contribution in [0.1, 0.15) is 39.2 Å². The van der Waals surface area contributed by atoms with Crippen LogP contribution in [-0.2, 0) is 20.6 Å². The van der Waals surface area contributed by atoms with Crippen LogP contribution in [0.2, 0.25) is 5.04 Å². The van der Waals surface area contributed by atoms with Crippen LogP contribution in [0, 0.1) is 29.1 Å². The molecule has 1 saturated carbocycles. The molecule has 0 aromatic heterocycles. The van der Waals surface area contributed by atoms with Crippen LogP contribution in [0.4, 0.5) is 0 Å². The molecule has 4 nitrogen and oxygen atoms in total. The summed E-state index contributed by atoms with van der Waals surface area (Å²) in [6.45, 7) is 7.89. The molecule has 4 atom stereocenters. The van der Waals surface area contributed by atoms with E-state index in [2.05, 4.69) is 87.5 Å². The van der Waals surface area contributed by atoms with Crippen molar-refractivity contribution in [1.82, 2.24) is 0 Å². The third-order valence-corrected chi connectivity index (χ3v) is 12.7. The Morgan fingerprint density at radius 2 is 1.46 bits per heavy atom. The number of ether oxygens (including phenoxy) is 1. The molecule has 0 radical (unpaired) electrons. The van der Waals surface area contributed by atoms with E-state index in [4.69, 9.17) is 9.16 Å². The van der Waals surface area contributed by atoms with Gasteiger partial charge in [0.1, 0.15) is 12.2 Å². The molecule has 1 aliphatic rings. The van der Waals surface area contributed by atoms with Crippen molar-refractivity contribution in [1.29, 1.82) is 5.26 Å². The van der Waals surface area contributed by atoms with Crippen LogP contribution in [-0.4, -0.2) is 27.3 Å². The second kappa shape index (κ2) is 12.0. The summed E-state index contributed by atoms with van der Waals surface area (Å²) in [6, 6.07) is 33.6. The average molecular weight is 512 g/mol. The molecule has 3 aromatic rings. The molecule has 192 valence electrons. The second-order valence-electron chi connectivity index (χ2n) is 11.1. The number of nitriles is 1. The number of hydrogen-bond donors (Lipinski definition) is 0. The first kappa shape index (κ1) is 27.0. The predicted molar refractivity (Wildman–Crippen MR) is 150 cm³/mol. The van der Waals surface area contributed by atoms with Gasteiger partial charge in [-0.05, 0) is 39.7 Å². The predicted octanol–water partition coefficient (Wildman–Crippen LogP) is 5.51. The fraction of sp³-hybridized carbons (Fsp3) is 0.375. The van der Waals surface area contributed by atoms with Crippen molar-refractivity contribution >= 4 is 25.0 Å². The first-order chi connectivity index (χ1) is 17.9. The molecule has 5 heteroatoms. The Labute approximate surface area is 222 Å². The number of nitrogens with zero attached hydrogens (tertiary/aromatic N) is 1. The molecular weight excluding hydrogens is 474 g/mol. The normalized spacial score (nSPS) is 20.8. The number of carbonyl (C=O) groups is 1. The standard InChI is InChI=1S/C32H37NO3Si/c1-32(2,3)37(29-15-9-5-10-16-29,30-17-11-6-12-18-30)36-31-20-26(28(21-33)22-34)19-27(31)24-35-23-25-13-7-4-8-14-25/h4-18,22,26-28,31H,19-20,23-24H2,1-3H3/t26?,27-,28?,31+/m0/s1. The van der Waals surface area contributed by atoms with Gasteiger partial charge in [-0.1, -0.05) is 112 Å². The van der Waals surface area contributed by atoms with Gasteiger partial charge >= 0.3 is 0 Å². The zero-order valence-electron chi connectivity index (χ0n) is 22.0. The minimum absolute atomic E-state index is 0.0314. The number of aldehydes is 1. The molecule has 37 heavy (non-hydrogen) atoms. The second-order valence-corrected chi connectivity index (χ2v) is 15.4. The average Bonchev–Trinajstić information content (AvgIpc) is 3.31. The minimum Gasteiger partial charge on any atom is -0.404 e. The first-order valence-electron chi connectivity index (χ1n) is 13.1. The number of benzene rings is 3. The van der Waals surface area contributed by atoms with Crippen molar-refractivity contribution in [3.63, 3.8) is 0 Å². The lowest BCUT2D eigenvalue weighted by Gasteiger charge is -2.45. The summed E-state index contributed by atoms with van der Waals surface area (Å²) in [5.74, 6) is -0.549. The molecule has 2 unspecified atom stereocenters. The van der Waals surface area contributed by atoms with Gasteiger partial charge in [0.05, 0.1) is 25.4 Å². The van der Waals surface area contributed by atoms with Crippen molar-refractivity contribution in [2.75, 3.05) is 6.61 Å². The summed E-state index contributed by atoms with van der Waals surface area (Å²) >= 11 is 0. The Hall–Kier alpha value is -3.04. The van der Waals surface area contributed by atoms with E-state index in [0.717, 1.165) is 18.3 Å². The maximum Gasteiger partial charge on any atom is 0.261 e. The molecule has 4 rings (SSSR count). The van der Waals surface area contributed by atoms with Crippen molar-refractivity contribution in [3.8, 4) is 6.07 Å². The van der Waals surface area contributed by atoms with Gasteiger partial charge in [-0.3, -0.25) is 0 Å². The van der Waals surface area contributed by atoms with Gasteiger partial charge in [0.25, 0.3) is 8.32 Å². The van der Waals surface area contributed by atoms with E-state index in [1.165, 1.54) is 10.4 Å². The molecule has 0 amide bonds. The van der Waals surface area contributed by atoms with E-state index in [0.29, 0.717) is 19.6 Å². The first-order valence-corrected chi connectivity index (χ1v) is 15.1. The Kier molecular flexibility index (Phi) is 8.76. The van der Waals surface area contributed by atoms with Gasteiger partial charge in [0.2, 0.25) is 0 Å². The molecule has 1 aliphatic carbocycles. The Balaban J connectivity index is 1.69. The fourth-order valence-corrected chi connectivity index (χ4v) is 10.6. The van der Waals surface area contributed by atoms with E-state index in [1.54, 1.807) is 0 Å². The number of carbonyl (C=O) groups excluding carboxylic acids is 1. The fourth-order valence-electron chi connectivity index (χ4n) is 5.81. The van der Waals surface area contributed by atoms with E-state index in [9.17, 15) is 10.1 Å². The summed E-state index contributed by atoms with van der Waals surface area (Å²) in [7, 11) is -2.77. The quantitative estimate of drug-likeness (QED) is 0.266. The summed E-state index contributed by atoms with van der Waals surface area (Å²) in [5, 5.41) is 12.0. The lowest BCUT2D eigenvalue weighted by atomic mass is 9.92. The van der Waals surface area contributed by atoms with Gasteiger partial charge < -0.3 is 14.0 Å². The van der Waals surface area contributed by atoms with Crippen molar-refractivity contribution in [2.45, 2.75) is 51.4 Å². The van der Waals surface area contributed by atoms with Gasteiger partial charge in [0, 0.05) is 5.92 Å². The number of rotatable bonds is 10. The molecule has 0 heterocycles. The van der Waals surface area contributed by atoms with Gasteiger partial charge in [-0.15, -0.1) is 0 Å². The summed E-state index contributed by atoms with van der Waals surface area (Å²) < 4.78 is 13.7. The minimum atomic E-state index is -2.77. The van der Waals surface area contributed by atoms with Crippen LogP contribution in [0.5, 0.6) is 0 Å². The van der Waals surface area contributed by atoms with Crippen LogP contribution in [0.3, 0.4) is 0 Å². The highest BCUT2D eigenvalue weighted by molar-refractivity contribution is 6.99. The van der Waals surface area contributed by atoms with Gasteiger partial charge in [-0.25, -0.2) is 0 Å². The summed E-state index contributed by atoms with van der Waals surface area (Å²) in [6.07, 6.45) is 2.12.